The molecule has 0 fully saturated rings. The molecule has 0 aromatic carbocycles. The number of unbranched alkanes of at least 4 members (excludes halogenated alkanes) is 13. The third-order valence-electron chi connectivity index (χ3n) is 5.44. The first-order chi connectivity index (χ1) is 15.8. The summed E-state index contributed by atoms with van der Waals surface area (Å²) in [5, 5.41) is 0. The number of ether oxygens (including phenoxy) is 5. The summed E-state index contributed by atoms with van der Waals surface area (Å²) in [5.41, 5.74) is 0. The standard InChI is InChI=1S/C26H52O6/c1-3-4-5-6-7-8-9-10-11-12-13-14-15-16-18-29-20-22-31-24-25-32-23-21-30-19-17-26(27)28-2/h3-25H2,1-2H3. The molecule has 192 valence electrons. The van der Waals surface area contributed by atoms with E-state index >= 15 is 0 Å². The van der Waals surface area contributed by atoms with Gasteiger partial charge in [0.15, 0.2) is 0 Å². The van der Waals surface area contributed by atoms with Crippen molar-refractivity contribution in [2.75, 3.05) is 60.0 Å². The monoisotopic (exact) mass is 460 g/mol. The minimum absolute atomic E-state index is 0.258. The quantitative estimate of drug-likeness (QED) is 0.109. The highest BCUT2D eigenvalue weighted by Gasteiger charge is 1.99. The summed E-state index contributed by atoms with van der Waals surface area (Å²) >= 11 is 0. The lowest BCUT2D eigenvalue weighted by atomic mass is 10.0. The van der Waals surface area contributed by atoms with E-state index in [0.29, 0.717) is 46.2 Å². The first-order valence-electron chi connectivity index (χ1n) is 13.2. The molecule has 0 atom stereocenters. The minimum atomic E-state index is -0.258. The van der Waals surface area contributed by atoms with Gasteiger partial charge in [0.05, 0.1) is 59.8 Å². The molecule has 0 aliphatic heterocycles. The van der Waals surface area contributed by atoms with Gasteiger partial charge in [-0.1, -0.05) is 90.4 Å². The summed E-state index contributed by atoms with van der Waals surface area (Å²) in [6.07, 6.45) is 19.6. The summed E-state index contributed by atoms with van der Waals surface area (Å²) in [4.78, 5) is 10.9. The molecule has 0 N–H and O–H groups in total. The zero-order valence-corrected chi connectivity index (χ0v) is 21.2. The lowest BCUT2D eigenvalue weighted by molar-refractivity contribution is -0.141. The Hall–Kier alpha value is -0.690. The smallest absolute Gasteiger partial charge is 0.307 e. The molecule has 6 heteroatoms. The number of rotatable bonds is 27. The largest absolute Gasteiger partial charge is 0.469 e. The van der Waals surface area contributed by atoms with E-state index in [1.54, 1.807) is 0 Å². The lowest BCUT2D eigenvalue weighted by Crippen LogP contribution is -2.13. The van der Waals surface area contributed by atoms with E-state index in [9.17, 15) is 4.79 Å². The van der Waals surface area contributed by atoms with Gasteiger partial charge in [-0.05, 0) is 6.42 Å². The number of hydrogen-bond donors (Lipinski definition) is 0. The zero-order valence-electron chi connectivity index (χ0n) is 21.2. The zero-order chi connectivity index (χ0) is 23.4. The predicted molar refractivity (Wildman–Crippen MR) is 130 cm³/mol. The molecule has 32 heavy (non-hydrogen) atoms. The van der Waals surface area contributed by atoms with Crippen molar-refractivity contribution in [3.05, 3.63) is 0 Å². The van der Waals surface area contributed by atoms with Crippen LogP contribution in [-0.4, -0.2) is 65.9 Å². The van der Waals surface area contributed by atoms with Gasteiger partial charge in [-0.3, -0.25) is 4.79 Å². The fourth-order valence-electron chi connectivity index (χ4n) is 3.42. The van der Waals surface area contributed by atoms with Gasteiger partial charge in [-0.2, -0.15) is 0 Å². The summed E-state index contributed by atoms with van der Waals surface area (Å²) in [6.45, 7) is 6.81. The van der Waals surface area contributed by atoms with E-state index in [-0.39, 0.29) is 12.4 Å². The van der Waals surface area contributed by atoms with E-state index < -0.39 is 0 Å². The molecule has 0 aromatic rings. The van der Waals surface area contributed by atoms with Gasteiger partial charge in [0, 0.05) is 6.61 Å². The molecule has 0 aliphatic carbocycles. The number of esters is 1. The van der Waals surface area contributed by atoms with Gasteiger partial charge in [-0.25, -0.2) is 0 Å². The van der Waals surface area contributed by atoms with Crippen LogP contribution < -0.4 is 0 Å². The van der Waals surface area contributed by atoms with Crippen molar-refractivity contribution < 1.29 is 28.5 Å². The first-order valence-corrected chi connectivity index (χ1v) is 13.2. The molecule has 0 aromatic heterocycles. The van der Waals surface area contributed by atoms with Crippen molar-refractivity contribution in [1.82, 2.24) is 0 Å². The molecule has 0 saturated carbocycles. The van der Waals surface area contributed by atoms with E-state index in [1.807, 2.05) is 0 Å². The van der Waals surface area contributed by atoms with Gasteiger partial charge in [0.2, 0.25) is 0 Å². The van der Waals surface area contributed by atoms with E-state index in [4.69, 9.17) is 18.9 Å². The van der Waals surface area contributed by atoms with Gasteiger partial charge in [-0.15, -0.1) is 0 Å². The topological polar surface area (TPSA) is 63.2 Å². The number of carbonyl (C=O) groups excluding carboxylic acids is 1. The molecule has 0 radical (unpaired) electrons. The van der Waals surface area contributed by atoms with Gasteiger partial charge in [0.25, 0.3) is 0 Å². The number of carbonyl (C=O) groups is 1. The molecule has 0 bridgehead atoms. The van der Waals surface area contributed by atoms with Crippen LogP contribution in [0, 0.1) is 0 Å². The maximum atomic E-state index is 10.9. The third-order valence-corrected chi connectivity index (χ3v) is 5.44. The molecule has 0 rings (SSSR count). The van der Waals surface area contributed by atoms with E-state index in [1.165, 1.54) is 90.6 Å². The Morgan fingerprint density at radius 2 is 0.812 bits per heavy atom. The highest BCUT2D eigenvalue weighted by Crippen LogP contribution is 2.12. The number of methoxy groups -OCH3 is 1. The van der Waals surface area contributed by atoms with Crippen LogP contribution in [0.1, 0.15) is 103 Å². The van der Waals surface area contributed by atoms with Crippen molar-refractivity contribution in [2.45, 2.75) is 103 Å². The molecule has 0 spiro atoms. The molecule has 0 saturated heterocycles. The van der Waals surface area contributed by atoms with Crippen LogP contribution in [0.25, 0.3) is 0 Å². The molecular formula is C26H52O6. The molecule has 0 aliphatic rings. The Labute approximate surface area is 198 Å². The Morgan fingerprint density at radius 3 is 1.22 bits per heavy atom. The van der Waals surface area contributed by atoms with Crippen molar-refractivity contribution in [2.24, 2.45) is 0 Å². The first kappa shape index (κ1) is 31.3. The van der Waals surface area contributed by atoms with Crippen molar-refractivity contribution >= 4 is 5.97 Å². The van der Waals surface area contributed by atoms with Crippen LogP contribution in [0.3, 0.4) is 0 Å². The van der Waals surface area contributed by atoms with E-state index in [0.717, 1.165) is 13.0 Å². The lowest BCUT2D eigenvalue weighted by Gasteiger charge is -2.07. The minimum Gasteiger partial charge on any atom is -0.469 e. The van der Waals surface area contributed by atoms with Gasteiger partial charge >= 0.3 is 5.97 Å². The maximum absolute atomic E-state index is 10.9. The molecule has 0 heterocycles. The predicted octanol–water partition coefficient (Wildman–Crippen LogP) is 6.10. The summed E-state index contributed by atoms with van der Waals surface area (Å²) in [5.74, 6) is -0.258. The summed E-state index contributed by atoms with van der Waals surface area (Å²) in [6, 6.07) is 0. The van der Waals surface area contributed by atoms with Crippen LogP contribution in [-0.2, 0) is 28.5 Å². The Morgan fingerprint density at radius 1 is 0.469 bits per heavy atom. The van der Waals surface area contributed by atoms with Gasteiger partial charge < -0.3 is 23.7 Å². The normalized spacial score (nSPS) is 11.2. The van der Waals surface area contributed by atoms with E-state index in [2.05, 4.69) is 11.7 Å². The summed E-state index contributed by atoms with van der Waals surface area (Å²) < 4.78 is 26.3. The Kier molecular flexibility index (Phi) is 27.7. The van der Waals surface area contributed by atoms with Crippen LogP contribution in [0.2, 0.25) is 0 Å². The second kappa shape index (κ2) is 28.3. The van der Waals surface area contributed by atoms with Crippen LogP contribution >= 0.6 is 0 Å². The highest BCUT2D eigenvalue weighted by atomic mass is 16.6. The van der Waals surface area contributed by atoms with Crippen molar-refractivity contribution in [1.29, 1.82) is 0 Å². The maximum Gasteiger partial charge on any atom is 0.307 e. The number of hydrogen-bond acceptors (Lipinski definition) is 6. The Balaban J connectivity index is 3.02. The van der Waals surface area contributed by atoms with Crippen molar-refractivity contribution in [3.8, 4) is 0 Å². The fraction of sp³-hybridized carbons (Fsp3) is 0.962. The molecule has 6 nitrogen and oxygen atoms in total. The van der Waals surface area contributed by atoms with Crippen LogP contribution in [0.5, 0.6) is 0 Å². The second-order valence-corrected chi connectivity index (χ2v) is 8.37. The molecule has 0 amide bonds. The second-order valence-electron chi connectivity index (χ2n) is 8.37. The van der Waals surface area contributed by atoms with Crippen LogP contribution in [0.4, 0.5) is 0 Å². The Bertz CT molecular complexity index is 364. The van der Waals surface area contributed by atoms with Gasteiger partial charge in [0.1, 0.15) is 0 Å². The fourth-order valence-corrected chi connectivity index (χ4v) is 3.42. The highest BCUT2D eigenvalue weighted by molar-refractivity contribution is 5.69. The SMILES string of the molecule is CCCCCCCCCCCCCCCCOCCOCCOCCOCCC(=O)OC. The average Bonchev–Trinajstić information content (AvgIpc) is 2.81. The average molecular weight is 461 g/mol. The van der Waals surface area contributed by atoms with Crippen LogP contribution in [0.15, 0.2) is 0 Å². The van der Waals surface area contributed by atoms with Crippen molar-refractivity contribution in [3.63, 3.8) is 0 Å². The summed E-state index contributed by atoms with van der Waals surface area (Å²) in [7, 11) is 1.37. The molecule has 0 unspecified atom stereocenters. The third kappa shape index (κ3) is 27.3. The molecular weight excluding hydrogens is 408 g/mol.